The van der Waals surface area contributed by atoms with Gasteiger partial charge in [0.05, 0.1) is 19.6 Å². The average Bonchev–Trinajstić information content (AvgIpc) is 3.00. The standard InChI is InChI=1S/C10H12BNO/c11-5-10(13)9-4-3-8(6-12-9)7-1-2-7/h3-4,6-7,10,13H,1-2,5H2. The molecule has 1 heterocycles. The molecule has 0 spiro atoms. The molecule has 13 heavy (non-hydrogen) atoms. The van der Waals surface area contributed by atoms with Crippen LogP contribution in [0.4, 0.5) is 0 Å². The number of nitrogens with zero attached hydrogens (tertiary/aromatic N) is 1. The molecule has 0 amide bonds. The molecule has 2 rings (SSSR count). The SMILES string of the molecule is [B]CC(O)c1ccc(C2CC2)cn1. The molecule has 3 heteroatoms. The van der Waals surface area contributed by atoms with E-state index in [4.69, 9.17) is 7.85 Å². The molecule has 1 aromatic heterocycles. The second-order valence-corrected chi connectivity index (χ2v) is 3.54. The molecule has 1 aliphatic rings. The Kier molecular flexibility index (Phi) is 2.36. The summed E-state index contributed by atoms with van der Waals surface area (Å²) in [4.78, 5) is 4.18. The van der Waals surface area contributed by atoms with E-state index in [1.165, 1.54) is 18.4 Å². The normalized spacial score (nSPS) is 18.5. The molecule has 2 radical (unpaired) electrons. The van der Waals surface area contributed by atoms with Gasteiger partial charge in [-0.3, -0.25) is 4.98 Å². The van der Waals surface area contributed by atoms with Gasteiger partial charge in [0.1, 0.15) is 0 Å². The number of aromatic nitrogens is 1. The number of hydrogen-bond acceptors (Lipinski definition) is 2. The first-order valence-corrected chi connectivity index (χ1v) is 4.65. The summed E-state index contributed by atoms with van der Waals surface area (Å²) in [5.41, 5.74) is 1.96. The first-order chi connectivity index (χ1) is 6.31. The molecule has 1 N–H and O–H groups in total. The van der Waals surface area contributed by atoms with E-state index in [1.807, 2.05) is 18.3 Å². The van der Waals surface area contributed by atoms with Gasteiger partial charge in [-0.25, -0.2) is 0 Å². The van der Waals surface area contributed by atoms with E-state index < -0.39 is 6.10 Å². The Bertz CT molecular complexity index is 281. The van der Waals surface area contributed by atoms with Gasteiger partial charge in [-0.15, -0.1) is 0 Å². The summed E-state index contributed by atoms with van der Waals surface area (Å²) >= 11 is 0. The zero-order valence-electron chi connectivity index (χ0n) is 7.48. The van der Waals surface area contributed by atoms with Crippen molar-refractivity contribution < 1.29 is 5.11 Å². The Morgan fingerprint density at radius 1 is 1.54 bits per heavy atom. The highest BCUT2D eigenvalue weighted by Gasteiger charge is 2.23. The predicted molar refractivity (Wildman–Crippen MR) is 51.7 cm³/mol. The van der Waals surface area contributed by atoms with Crippen molar-refractivity contribution in [3.05, 3.63) is 29.6 Å². The van der Waals surface area contributed by atoms with Crippen LogP contribution in [0.25, 0.3) is 0 Å². The molecule has 0 aliphatic heterocycles. The summed E-state index contributed by atoms with van der Waals surface area (Å²) in [7, 11) is 5.32. The number of rotatable bonds is 3. The third-order valence-electron chi connectivity index (χ3n) is 2.42. The zero-order valence-corrected chi connectivity index (χ0v) is 7.48. The van der Waals surface area contributed by atoms with Crippen LogP contribution >= 0.6 is 0 Å². The highest BCUT2D eigenvalue weighted by Crippen LogP contribution is 2.39. The fourth-order valence-electron chi connectivity index (χ4n) is 1.39. The molecule has 2 nitrogen and oxygen atoms in total. The molecule has 0 saturated heterocycles. The number of aliphatic hydroxyl groups is 1. The molecule has 1 atom stereocenters. The fourth-order valence-corrected chi connectivity index (χ4v) is 1.39. The number of aliphatic hydroxyl groups excluding tert-OH is 1. The van der Waals surface area contributed by atoms with E-state index >= 15 is 0 Å². The van der Waals surface area contributed by atoms with Gasteiger partial charge in [0.2, 0.25) is 0 Å². The molecule has 1 saturated carbocycles. The first-order valence-electron chi connectivity index (χ1n) is 4.65. The van der Waals surface area contributed by atoms with Crippen molar-refractivity contribution in [1.82, 2.24) is 4.98 Å². The molecule has 1 fully saturated rings. The first kappa shape index (κ1) is 8.76. The van der Waals surface area contributed by atoms with Crippen molar-refractivity contribution in [2.24, 2.45) is 0 Å². The lowest BCUT2D eigenvalue weighted by molar-refractivity contribution is 0.195. The highest BCUT2D eigenvalue weighted by atomic mass is 16.3. The van der Waals surface area contributed by atoms with Crippen LogP contribution < -0.4 is 0 Å². The molecule has 1 aliphatic carbocycles. The van der Waals surface area contributed by atoms with Crippen LogP contribution in [0.1, 0.15) is 36.1 Å². The largest absolute Gasteiger partial charge is 0.388 e. The van der Waals surface area contributed by atoms with E-state index in [0.717, 1.165) is 5.92 Å². The van der Waals surface area contributed by atoms with Gasteiger partial charge >= 0.3 is 0 Å². The van der Waals surface area contributed by atoms with E-state index in [-0.39, 0.29) is 6.32 Å². The zero-order chi connectivity index (χ0) is 9.26. The minimum atomic E-state index is -0.617. The Morgan fingerprint density at radius 2 is 2.31 bits per heavy atom. The van der Waals surface area contributed by atoms with Crippen LogP contribution in [0.2, 0.25) is 6.32 Å². The van der Waals surface area contributed by atoms with Crippen LogP contribution in [0, 0.1) is 0 Å². The molecule has 66 valence electrons. The van der Waals surface area contributed by atoms with Crippen molar-refractivity contribution in [3.63, 3.8) is 0 Å². The average molecular weight is 173 g/mol. The number of hydrogen-bond donors (Lipinski definition) is 1. The van der Waals surface area contributed by atoms with Gasteiger partial charge in [0.25, 0.3) is 0 Å². The van der Waals surface area contributed by atoms with Crippen LogP contribution in [-0.4, -0.2) is 17.9 Å². The lowest BCUT2D eigenvalue weighted by Gasteiger charge is -2.07. The van der Waals surface area contributed by atoms with Crippen molar-refractivity contribution in [2.45, 2.75) is 31.2 Å². The van der Waals surface area contributed by atoms with Crippen molar-refractivity contribution in [2.75, 3.05) is 0 Å². The van der Waals surface area contributed by atoms with Gasteiger partial charge in [0, 0.05) is 6.20 Å². The maximum absolute atomic E-state index is 9.39. The molecular formula is C10H12BNO. The Labute approximate surface area is 79.4 Å². The minimum Gasteiger partial charge on any atom is -0.388 e. The van der Waals surface area contributed by atoms with Gasteiger partial charge in [0.15, 0.2) is 0 Å². The monoisotopic (exact) mass is 173 g/mol. The molecular weight excluding hydrogens is 161 g/mol. The highest BCUT2D eigenvalue weighted by molar-refractivity contribution is 6.08. The summed E-state index contributed by atoms with van der Waals surface area (Å²) in [6, 6.07) is 3.91. The lowest BCUT2D eigenvalue weighted by Crippen LogP contribution is -1.99. The molecule has 0 bridgehead atoms. The van der Waals surface area contributed by atoms with E-state index in [9.17, 15) is 5.11 Å². The molecule has 0 aromatic carbocycles. The van der Waals surface area contributed by atoms with Crippen LogP contribution in [0.15, 0.2) is 18.3 Å². The van der Waals surface area contributed by atoms with Crippen LogP contribution in [-0.2, 0) is 0 Å². The maximum Gasteiger partial charge on any atom is 0.0883 e. The summed E-state index contributed by atoms with van der Waals surface area (Å²) in [6.45, 7) is 0. The lowest BCUT2D eigenvalue weighted by atomic mass is 9.97. The maximum atomic E-state index is 9.39. The summed E-state index contributed by atoms with van der Waals surface area (Å²) in [5.74, 6) is 0.719. The van der Waals surface area contributed by atoms with Crippen LogP contribution in [0.5, 0.6) is 0 Å². The third-order valence-corrected chi connectivity index (χ3v) is 2.42. The van der Waals surface area contributed by atoms with Crippen molar-refractivity contribution >= 4 is 7.85 Å². The van der Waals surface area contributed by atoms with Gasteiger partial charge in [-0.1, -0.05) is 12.4 Å². The molecule has 1 unspecified atom stereocenters. The van der Waals surface area contributed by atoms with Gasteiger partial charge in [-0.05, 0) is 30.4 Å². The van der Waals surface area contributed by atoms with E-state index in [0.29, 0.717) is 5.69 Å². The second-order valence-electron chi connectivity index (χ2n) is 3.54. The number of pyridine rings is 1. The van der Waals surface area contributed by atoms with Gasteiger partial charge < -0.3 is 5.11 Å². The Morgan fingerprint density at radius 3 is 2.77 bits per heavy atom. The summed E-state index contributed by atoms with van der Waals surface area (Å²) in [6.07, 6.45) is 4.02. The van der Waals surface area contributed by atoms with Crippen molar-refractivity contribution in [3.8, 4) is 0 Å². The topological polar surface area (TPSA) is 33.1 Å². The summed E-state index contributed by atoms with van der Waals surface area (Å²) < 4.78 is 0. The van der Waals surface area contributed by atoms with Crippen LogP contribution in [0.3, 0.4) is 0 Å². The summed E-state index contributed by atoms with van der Waals surface area (Å²) in [5, 5.41) is 9.39. The minimum absolute atomic E-state index is 0.232. The van der Waals surface area contributed by atoms with Crippen molar-refractivity contribution in [1.29, 1.82) is 0 Å². The quantitative estimate of drug-likeness (QED) is 0.703. The smallest absolute Gasteiger partial charge is 0.0883 e. The van der Waals surface area contributed by atoms with E-state index in [2.05, 4.69) is 4.98 Å². The Balaban J connectivity index is 2.12. The van der Waals surface area contributed by atoms with Gasteiger partial charge in [-0.2, -0.15) is 0 Å². The Hall–Kier alpha value is -0.825. The fraction of sp³-hybridized carbons (Fsp3) is 0.500. The third kappa shape index (κ3) is 1.91. The molecule has 1 aromatic rings. The van der Waals surface area contributed by atoms with E-state index in [1.54, 1.807) is 0 Å². The predicted octanol–water partition coefficient (Wildman–Crippen LogP) is 1.58. The second kappa shape index (κ2) is 3.50.